The summed E-state index contributed by atoms with van der Waals surface area (Å²) < 4.78 is 5.22. The molecule has 130 valence electrons. The van der Waals surface area contributed by atoms with Crippen LogP contribution in [0.1, 0.15) is 51.6 Å². The molecule has 0 fully saturated rings. The number of benzene rings is 1. The summed E-state index contributed by atoms with van der Waals surface area (Å²) >= 11 is 0. The zero-order valence-electron chi connectivity index (χ0n) is 14.5. The van der Waals surface area contributed by atoms with E-state index in [-0.39, 0.29) is 1.43 Å². The van der Waals surface area contributed by atoms with E-state index in [4.69, 9.17) is 4.74 Å². The Kier molecular flexibility index (Phi) is 7.27. The molecule has 4 heteroatoms. The van der Waals surface area contributed by atoms with Gasteiger partial charge in [-0.15, -0.1) is 0 Å². The summed E-state index contributed by atoms with van der Waals surface area (Å²) in [5, 5.41) is 2.77. The third kappa shape index (κ3) is 5.69. The predicted octanol–water partition coefficient (Wildman–Crippen LogP) is 5.41. The Bertz CT molecular complexity index is 617. The van der Waals surface area contributed by atoms with Crippen molar-refractivity contribution < 1.29 is 11.0 Å². The molecule has 1 amide bonds. The van der Waals surface area contributed by atoms with Gasteiger partial charge in [0.25, 0.3) is 0 Å². The molecule has 1 atom stereocenters. The molecule has 2 aromatic rings. The maximum Gasteiger partial charge on any atom is 0.411 e. The highest BCUT2D eigenvalue weighted by atomic mass is 16.5. The van der Waals surface area contributed by atoms with Crippen molar-refractivity contribution in [3.05, 3.63) is 59.9 Å². The summed E-state index contributed by atoms with van der Waals surface area (Å²) in [5.74, 6) is 0.594. The molecule has 0 aliphatic rings. The zero-order chi connectivity index (χ0) is 17.2. The first kappa shape index (κ1) is 18.0. The quantitative estimate of drug-likeness (QED) is 0.704. The summed E-state index contributed by atoms with van der Waals surface area (Å²) in [6.07, 6.45) is 7.25. The van der Waals surface area contributed by atoms with Crippen molar-refractivity contribution in [2.45, 2.75) is 45.4 Å². The number of aromatic nitrogens is 1. The average molecular weight is 328 g/mol. The first-order valence-electron chi connectivity index (χ1n) is 8.65. The fraction of sp³-hybridized carbons (Fsp3) is 0.400. The Hall–Kier alpha value is -2.36. The van der Waals surface area contributed by atoms with Gasteiger partial charge in [-0.3, -0.25) is 10.3 Å². The topological polar surface area (TPSA) is 51.2 Å². The van der Waals surface area contributed by atoms with Gasteiger partial charge in [-0.2, -0.15) is 0 Å². The SMILES string of the molecule is CCCC(CC)c1ccc(NC(=O)OCCc2ccncc2)cc1.[HH]. The Labute approximate surface area is 145 Å². The number of carbonyl (C=O) groups excluding carboxylic acids is 1. The molecule has 0 aliphatic carbocycles. The maximum atomic E-state index is 11.8. The van der Waals surface area contributed by atoms with Gasteiger partial charge in [0.1, 0.15) is 0 Å². The number of amides is 1. The van der Waals surface area contributed by atoms with Crippen LogP contribution in [0.2, 0.25) is 0 Å². The van der Waals surface area contributed by atoms with Crippen LogP contribution in [0.15, 0.2) is 48.8 Å². The van der Waals surface area contributed by atoms with Gasteiger partial charge in [0.15, 0.2) is 0 Å². The third-order valence-electron chi connectivity index (χ3n) is 4.13. The van der Waals surface area contributed by atoms with Gasteiger partial charge in [-0.1, -0.05) is 32.4 Å². The molecular formula is C20H28N2O2. The van der Waals surface area contributed by atoms with Crippen LogP contribution in [0.4, 0.5) is 10.5 Å². The van der Waals surface area contributed by atoms with E-state index in [0.717, 1.165) is 17.7 Å². The van der Waals surface area contributed by atoms with Gasteiger partial charge >= 0.3 is 6.09 Å². The van der Waals surface area contributed by atoms with Crippen LogP contribution < -0.4 is 5.32 Å². The largest absolute Gasteiger partial charge is 0.449 e. The van der Waals surface area contributed by atoms with E-state index in [1.165, 1.54) is 18.4 Å². The molecule has 0 radical (unpaired) electrons. The molecule has 0 bridgehead atoms. The molecule has 1 unspecified atom stereocenters. The maximum absolute atomic E-state index is 11.8. The Morgan fingerprint density at radius 3 is 2.50 bits per heavy atom. The van der Waals surface area contributed by atoms with Gasteiger partial charge in [0.2, 0.25) is 0 Å². The molecule has 1 aromatic heterocycles. The standard InChI is InChI=1S/C20H26N2O2.H2/c1-3-5-17(4-2)18-6-8-19(9-7-18)22-20(23)24-15-12-16-10-13-21-14-11-16;/h6-11,13-14,17H,3-5,12,15H2,1-2H3,(H,22,23);1H. The molecule has 4 nitrogen and oxygen atoms in total. The van der Waals surface area contributed by atoms with E-state index in [1.807, 2.05) is 24.3 Å². The van der Waals surface area contributed by atoms with Crippen LogP contribution >= 0.6 is 0 Å². The van der Waals surface area contributed by atoms with Crippen molar-refractivity contribution in [1.82, 2.24) is 4.98 Å². The molecule has 2 rings (SSSR count). The number of anilines is 1. The Morgan fingerprint density at radius 2 is 1.88 bits per heavy atom. The van der Waals surface area contributed by atoms with Crippen LogP contribution in [0.5, 0.6) is 0 Å². The first-order chi connectivity index (χ1) is 11.7. The van der Waals surface area contributed by atoms with E-state index in [1.54, 1.807) is 12.4 Å². The number of nitrogens with one attached hydrogen (secondary N) is 1. The average Bonchev–Trinajstić information content (AvgIpc) is 2.61. The minimum atomic E-state index is -0.419. The van der Waals surface area contributed by atoms with E-state index in [0.29, 0.717) is 18.9 Å². The number of hydrogen-bond acceptors (Lipinski definition) is 3. The lowest BCUT2D eigenvalue weighted by Crippen LogP contribution is -2.15. The second-order valence-electron chi connectivity index (χ2n) is 5.88. The van der Waals surface area contributed by atoms with Crippen molar-refractivity contribution in [1.29, 1.82) is 0 Å². The van der Waals surface area contributed by atoms with E-state index >= 15 is 0 Å². The summed E-state index contributed by atoms with van der Waals surface area (Å²) in [5.41, 5.74) is 3.19. The third-order valence-corrected chi connectivity index (χ3v) is 4.13. The van der Waals surface area contributed by atoms with Gasteiger partial charge in [-0.25, -0.2) is 4.79 Å². The van der Waals surface area contributed by atoms with Gasteiger partial charge in [0.05, 0.1) is 6.61 Å². The number of hydrogen-bond donors (Lipinski definition) is 1. The van der Waals surface area contributed by atoms with Crippen molar-refractivity contribution >= 4 is 11.8 Å². The van der Waals surface area contributed by atoms with Crippen LogP contribution in [-0.2, 0) is 11.2 Å². The summed E-state index contributed by atoms with van der Waals surface area (Å²) in [6, 6.07) is 11.9. The van der Waals surface area contributed by atoms with E-state index in [2.05, 4.69) is 36.3 Å². The molecule has 24 heavy (non-hydrogen) atoms. The Morgan fingerprint density at radius 1 is 1.17 bits per heavy atom. The molecule has 1 heterocycles. The second kappa shape index (κ2) is 9.71. The number of nitrogens with zero attached hydrogens (tertiary/aromatic N) is 1. The van der Waals surface area contributed by atoms with Crippen molar-refractivity contribution in [3.8, 4) is 0 Å². The van der Waals surface area contributed by atoms with E-state index < -0.39 is 6.09 Å². The molecule has 0 saturated carbocycles. The van der Waals surface area contributed by atoms with Gasteiger partial charge in [-0.05, 0) is 54.2 Å². The lowest BCUT2D eigenvalue weighted by molar-refractivity contribution is 0.163. The lowest BCUT2D eigenvalue weighted by Gasteiger charge is -2.15. The second-order valence-corrected chi connectivity index (χ2v) is 5.88. The van der Waals surface area contributed by atoms with Gasteiger partial charge < -0.3 is 4.74 Å². The lowest BCUT2D eigenvalue weighted by atomic mass is 9.92. The highest BCUT2D eigenvalue weighted by Crippen LogP contribution is 2.25. The first-order valence-corrected chi connectivity index (χ1v) is 8.65. The van der Waals surface area contributed by atoms with Gasteiger partial charge in [0, 0.05) is 25.9 Å². The highest BCUT2D eigenvalue weighted by Gasteiger charge is 2.09. The minimum Gasteiger partial charge on any atom is -0.449 e. The molecule has 1 N–H and O–H groups in total. The monoisotopic (exact) mass is 328 g/mol. The van der Waals surface area contributed by atoms with Crippen molar-refractivity contribution in [3.63, 3.8) is 0 Å². The summed E-state index contributed by atoms with van der Waals surface area (Å²) in [7, 11) is 0. The van der Waals surface area contributed by atoms with Crippen molar-refractivity contribution in [2.24, 2.45) is 0 Å². The zero-order valence-corrected chi connectivity index (χ0v) is 14.5. The van der Waals surface area contributed by atoms with Crippen LogP contribution in [-0.4, -0.2) is 17.7 Å². The predicted molar refractivity (Wildman–Crippen MR) is 99.4 cm³/mol. The number of carbonyl (C=O) groups is 1. The molecule has 0 spiro atoms. The number of rotatable bonds is 8. The highest BCUT2D eigenvalue weighted by molar-refractivity contribution is 5.84. The molecule has 1 aromatic carbocycles. The normalized spacial score (nSPS) is 11.8. The van der Waals surface area contributed by atoms with Crippen molar-refractivity contribution in [2.75, 3.05) is 11.9 Å². The fourth-order valence-electron chi connectivity index (χ4n) is 2.76. The minimum absolute atomic E-state index is 0. The van der Waals surface area contributed by atoms with E-state index in [9.17, 15) is 4.79 Å². The fourth-order valence-corrected chi connectivity index (χ4v) is 2.76. The summed E-state index contributed by atoms with van der Waals surface area (Å²) in [6.45, 7) is 4.77. The Balaban J connectivity index is 0.00000312. The van der Waals surface area contributed by atoms with Crippen LogP contribution in [0.25, 0.3) is 0 Å². The molecule has 0 saturated heterocycles. The molecule has 0 aliphatic heterocycles. The number of ether oxygens (including phenoxy) is 1. The van der Waals surface area contributed by atoms with Crippen LogP contribution in [0.3, 0.4) is 0 Å². The molecular weight excluding hydrogens is 300 g/mol. The summed E-state index contributed by atoms with van der Waals surface area (Å²) in [4.78, 5) is 15.8. The van der Waals surface area contributed by atoms with Crippen LogP contribution in [0, 0.1) is 0 Å². The smallest absolute Gasteiger partial charge is 0.411 e. The number of pyridine rings is 1.